The van der Waals surface area contributed by atoms with Gasteiger partial charge in [0.2, 0.25) is 0 Å². The van der Waals surface area contributed by atoms with Gasteiger partial charge in [-0.3, -0.25) is 9.36 Å². The van der Waals surface area contributed by atoms with Gasteiger partial charge in [-0.2, -0.15) is 0 Å². The van der Waals surface area contributed by atoms with Gasteiger partial charge in [0.05, 0.1) is 22.8 Å². The average molecular weight is 342 g/mol. The monoisotopic (exact) mass is 342 g/mol. The van der Waals surface area contributed by atoms with E-state index in [4.69, 9.17) is 0 Å². The summed E-state index contributed by atoms with van der Waals surface area (Å²) in [7, 11) is 0. The molecular weight excluding hydrogens is 327 g/mol. The van der Waals surface area contributed by atoms with Crippen molar-refractivity contribution in [2.75, 3.05) is 5.32 Å². The van der Waals surface area contributed by atoms with Crippen molar-refractivity contribution in [1.29, 1.82) is 0 Å². The first-order valence-corrected chi connectivity index (χ1v) is 8.48. The molecule has 0 aliphatic carbocycles. The maximum atomic E-state index is 13.9. The lowest BCUT2D eigenvalue weighted by atomic mass is 10.0. The van der Waals surface area contributed by atoms with Crippen molar-refractivity contribution in [3.05, 3.63) is 102 Å². The van der Waals surface area contributed by atoms with Crippen molar-refractivity contribution in [2.45, 2.75) is 6.04 Å². The number of nitrogens with zero attached hydrogens (tertiary/aromatic N) is 1. The zero-order valence-corrected chi connectivity index (χ0v) is 13.8. The fourth-order valence-electron chi connectivity index (χ4n) is 3.68. The predicted molar refractivity (Wildman–Crippen MR) is 100.0 cm³/mol. The van der Waals surface area contributed by atoms with Crippen LogP contribution in [0.4, 0.5) is 10.1 Å². The molecule has 0 spiro atoms. The highest BCUT2D eigenvalue weighted by atomic mass is 19.1. The second-order valence-corrected chi connectivity index (χ2v) is 6.45. The number of carbonyl (C=O) groups is 1. The number of halogens is 1. The van der Waals surface area contributed by atoms with Gasteiger partial charge in [-0.15, -0.1) is 0 Å². The first kappa shape index (κ1) is 14.9. The number of carbonyl (C=O) groups excluding carboxylic acids is 1. The average Bonchev–Trinajstić information content (AvgIpc) is 2.99. The summed E-state index contributed by atoms with van der Waals surface area (Å²) >= 11 is 0. The topological polar surface area (TPSA) is 34.0 Å². The maximum absolute atomic E-state index is 13.9. The van der Waals surface area contributed by atoms with Crippen molar-refractivity contribution in [2.24, 2.45) is 0 Å². The minimum absolute atomic E-state index is 0.151. The van der Waals surface area contributed by atoms with Crippen molar-refractivity contribution in [1.82, 2.24) is 4.57 Å². The van der Waals surface area contributed by atoms with Gasteiger partial charge in [0.1, 0.15) is 5.82 Å². The molecule has 1 N–H and O–H groups in total. The van der Waals surface area contributed by atoms with Gasteiger partial charge in [-0.05, 0) is 42.0 Å². The van der Waals surface area contributed by atoms with Crippen LogP contribution in [0.2, 0.25) is 0 Å². The molecule has 4 heteroatoms. The van der Waals surface area contributed by atoms with Gasteiger partial charge >= 0.3 is 0 Å². The van der Waals surface area contributed by atoms with Gasteiger partial charge in [0, 0.05) is 11.1 Å². The summed E-state index contributed by atoms with van der Waals surface area (Å²) in [5, 5.41) is 4.35. The first-order valence-electron chi connectivity index (χ1n) is 8.48. The summed E-state index contributed by atoms with van der Waals surface area (Å²) in [4.78, 5) is 13.3. The fraction of sp³-hybridized carbons (Fsp3) is 0.0455. The third-order valence-electron chi connectivity index (χ3n) is 4.88. The Morgan fingerprint density at radius 2 is 1.65 bits per heavy atom. The zero-order chi connectivity index (χ0) is 17.7. The molecule has 0 saturated carbocycles. The highest BCUT2D eigenvalue weighted by Gasteiger charge is 2.29. The molecule has 3 aromatic carbocycles. The molecular formula is C22H15FN2O. The van der Waals surface area contributed by atoms with E-state index in [0.29, 0.717) is 11.1 Å². The van der Waals surface area contributed by atoms with E-state index in [9.17, 15) is 9.18 Å². The van der Waals surface area contributed by atoms with E-state index in [0.717, 1.165) is 22.3 Å². The SMILES string of the molecule is O=C1c2ccccc2NC(c2ccccc2)c2cc3ccc(F)cc3n21. The number of hydrogen-bond donors (Lipinski definition) is 1. The van der Waals surface area contributed by atoms with Crippen LogP contribution in [-0.4, -0.2) is 10.5 Å². The van der Waals surface area contributed by atoms with Gasteiger partial charge < -0.3 is 5.32 Å². The number of anilines is 1. The number of fused-ring (bicyclic) bond motifs is 4. The number of hydrogen-bond acceptors (Lipinski definition) is 2. The Balaban J connectivity index is 1.85. The molecule has 2 heterocycles. The minimum atomic E-state index is -0.354. The van der Waals surface area contributed by atoms with Crippen LogP contribution >= 0.6 is 0 Å². The molecule has 0 bridgehead atoms. The molecule has 5 rings (SSSR count). The van der Waals surface area contributed by atoms with Crippen LogP contribution < -0.4 is 5.32 Å². The van der Waals surface area contributed by atoms with Gasteiger partial charge in [0.15, 0.2) is 0 Å². The quantitative estimate of drug-likeness (QED) is 0.529. The Morgan fingerprint density at radius 1 is 0.885 bits per heavy atom. The summed E-state index contributed by atoms with van der Waals surface area (Å²) < 4.78 is 15.5. The van der Waals surface area contributed by atoms with Gasteiger partial charge in [-0.25, -0.2) is 4.39 Å². The maximum Gasteiger partial charge on any atom is 0.264 e. The van der Waals surface area contributed by atoms with Gasteiger partial charge in [0.25, 0.3) is 5.91 Å². The lowest BCUT2D eigenvalue weighted by molar-refractivity contribution is 0.0964. The van der Waals surface area contributed by atoms with Crippen molar-refractivity contribution < 1.29 is 9.18 Å². The molecule has 126 valence electrons. The molecule has 0 fully saturated rings. The molecule has 0 radical (unpaired) electrons. The number of rotatable bonds is 1. The summed E-state index contributed by atoms with van der Waals surface area (Å²) in [6.45, 7) is 0. The Kier molecular flexibility index (Phi) is 3.19. The van der Waals surface area contributed by atoms with E-state index >= 15 is 0 Å². The lowest BCUT2D eigenvalue weighted by Crippen LogP contribution is -2.16. The lowest BCUT2D eigenvalue weighted by Gasteiger charge is -2.19. The van der Waals surface area contributed by atoms with E-state index in [1.54, 1.807) is 16.7 Å². The molecule has 1 aliphatic heterocycles. The van der Waals surface area contributed by atoms with E-state index in [2.05, 4.69) is 5.32 Å². The summed E-state index contributed by atoms with van der Waals surface area (Å²) in [6.07, 6.45) is 0. The minimum Gasteiger partial charge on any atom is -0.372 e. The van der Waals surface area contributed by atoms with Crippen molar-refractivity contribution in [3.8, 4) is 0 Å². The Morgan fingerprint density at radius 3 is 2.50 bits per heavy atom. The standard InChI is InChI=1S/C22H15FN2O/c23-16-11-10-15-12-20-21(14-6-2-1-3-7-14)24-18-9-5-4-8-17(18)22(26)25(20)19(15)13-16/h1-13,21,24H. The fourth-order valence-corrected chi connectivity index (χ4v) is 3.68. The van der Waals surface area contributed by atoms with Crippen LogP contribution in [-0.2, 0) is 0 Å². The highest BCUT2D eigenvalue weighted by molar-refractivity contribution is 6.07. The largest absolute Gasteiger partial charge is 0.372 e. The Hall–Kier alpha value is -3.40. The number of benzene rings is 3. The Bertz CT molecular complexity index is 1150. The normalized spacial score (nSPS) is 15.9. The molecule has 1 unspecified atom stereocenters. The van der Waals surface area contributed by atoms with Crippen LogP contribution in [0.25, 0.3) is 10.9 Å². The number of aromatic nitrogens is 1. The summed E-state index contributed by atoms with van der Waals surface area (Å²) in [5.74, 6) is -0.505. The summed E-state index contributed by atoms with van der Waals surface area (Å²) in [5.41, 5.74) is 3.79. The molecule has 1 aromatic heterocycles. The van der Waals surface area contributed by atoms with Crippen LogP contribution in [0.1, 0.15) is 27.7 Å². The molecule has 1 atom stereocenters. The van der Waals surface area contributed by atoms with Crippen molar-refractivity contribution >= 4 is 22.5 Å². The molecule has 3 nitrogen and oxygen atoms in total. The predicted octanol–water partition coefficient (Wildman–Crippen LogP) is 4.98. The molecule has 1 aliphatic rings. The second-order valence-electron chi connectivity index (χ2n) is 6.45. The first-order chi connectivity index (χ1) is 12.7. The smallest absolute Gasteiger partial charge is 0.264 e. The van der Waals surface area contributed by atoms with Crippen LogP contribution in [0.3, 0.4) is 0 Å². The third-order valence-corrected chi connectivity index (χ3v) is 4.88. The van der Waals surface area contributed by atoms with Gasteiger partial charge in [-0.1, -0.05) is 42.5 Å². The second kappa shape index (κ2) is 5.56. The number of para-hydroxylation sites is 1. The molecule has 4 aromatic rings. The van der Waals surface area contributed by atoms with E-state index in [-0.39, 0.29) is 17.8 Å². The molecule has 0 amide bonds. The van der Waals surface area contributed by atoms with Crippen LogP contribution in [0, 0.1) is 5.82 Å². The van der Waals surface area contributed by atoms with Crippen molar-refractivity contribution in [3.63, 3.8) is 0 Å². The van der Waals surface area contributed by atoms with E-state index in [1.165, 1.54) is 12.1 Å². The number of nitrogens with one attached hydrogen (secondary N) is 1. The van der Waals surface area contributed by atoms with E-state index < -0.39 is 0 Å². The Labute approximate surface area is 149 Å². The van der Waals surface area contributed by atoms with E-state index in [1.807, 2.05) is 54.6 Å². The zero-order valence-electron chi connectivity index (χ0n) is 13.8. The summed E-state index contributed by atoms with van der Waals surface area (Å²) in [6, 6.07) is 23.7. The molecule has 26 heavy (non-hydrogen) atoms. The van der Waals surface area contributed by atoms with Crippen LogP contribution in [0.5, 0.6) is 0 Å². The highest BCUT2D eigenvalue weighted by Crippen LogP contribution is 2.36. The molecule has 0 saturated heterocycles. The third kappa shape index (κ3) is 2.15. The van der Waals surface area contributed by atoms with Crippen LogP contribution in [0.15, 0.2) is 78.9 Å².